The minimum atomic E-state index is -3.15. The molecule has 13 heteroatoms. The summed E-state index contributed by atoms with van der Waals surface area (Å²) < 4.78 is 35.2. The number of amides is 1. The Labute approximate surface area is 282 Å². The van der Waals surface area contributed by atoms with Gasteiger partial charge in [0.2, 0.25) is 0 Å². The van der Waals surface area contributed by atoms with E-state index in [1.807, 2.05) is 47.8 Å². The number of nitrogens with zero attached hydrogens (tertiary/aromatic N) is 4. The Hall–Kier alpha value is -5.17. The summed E-state index contributed by atoms with van der Waals surface area (Å²) in [6.07, 6.45) is 8.25. The standard InChI is InChI=1S/C19H19F2N3O3.C17H19N3O2/c1-27-15-5-3-2-4-13(15)19(6-7-19)8-16-22-9-12(10-23-16)14(25)11-24-18(26)17(20)21;1-22-15-5-3-2-4-13(15)17(6-7-17)8-16-19-10-12(11-20-16)14(21)9-18/h2-5,9-10,17H,6-8,11H2,1H3,(H,24,26);2-5,10-11H,6-9,18H2,1H3. The number of ether oxygens (including phenoxy) is 2. The lowest BCUT2D eigenvalue weighted by Gasteiger charge is -2.18. The van der Waals surface area contributed by atoms with Crippen LogP contribution >= 0.6 is 0 Å². The zero-order valence-corrected chi connectivity index (χ0v) is 27.3. The van der Waals surface area contributed by atoms with Gasteiger partial charge in [-0.3, -0.25) is 14.4 Å². The Morgan fingerprint density at radius 2 is 1.14 bits per heavy atom. The average molecular weight is 673 g/mol. The third-order valence-corrected chi connectivity index (χ3v) is 8.92. The molecule has 6 rings (SSSR count). The van der Waals surface area contributed by atoms with Crippen molar-refractivity contribution in [1.82, 2.24) is 25.3 Å². The molecule has 0 saturated heterocycles. The van der Waals surface area contributed by atoms with Crippen LogP contribution in [-0.4, -0.2) is 71.1 Å². The van der Waals surface area contributed by atoms with Crippen molar-refractivity contribution in [2.75, 3.05) is 27.3 Å². The molecule has 3 N–H and O–H groups in total. The molecule has 2 heterocycles. The van der Waals surface area contributed by atoms with Gasteiger partial charge in [-0.2, -0.15) is 8.78 Å². The van der Waals surface area contributed by atoms with Crippen LogP contribution in [0.5, 0.6) is 11.5 Å². The second-order valence-corrected chi connectivity index (χ2v) is 12.2. The van der Waals surface area contributed by atoms with Crippen LogP contribution in [0.1, 0.15) is 69.2 Å². The highest BCUT2D eigenvalue weighted by atomic mass is 19.3. The van der Waals surface area contributed by atoms with Crippen molar-refractivity contribution in [3.63, 3.8) is 0 Å². The first-order chi connectivity index (χ1) is 23.6. The van der Waals surface area contributed by atoms with Gasteiger partial charge >= 0.3 is 6.43 Å². The van der Waals surface area contributed by atoms with E-state index in [1.165, 1.54) is 18.0 Å². The van der Waals surface area contributed by atoms with Gasteiger partial charge in [0.25, 0.3) is 5.91 Å². The second-order valence-electron chi connectivity index (χ2n) is 12.2. The Kier molecular flexibility index (Phi) is 11.0. The summed E-state index contributed by atoms with van der Waals surface area (Å²) in [5.41, 5.74) is 8.29. The van der Waals surface area contributed by atoms with Gasteiger partial charge in [0.1, 0.15) is 23.1 Å². The lowest BCUT2D eigenvalue weighted by molar-refractivity contribution is -0.131. The van der Waals surface area contributed by atoms with E-state index in [4.69, 9.17) is 15.2 Å². The molecule has 11 nitrogen and oxygen atoms in total. The maximum atomic E-state index is 12.1. The van der Waals surface area contributed by atoms with E-state index in [9.17, 15) is 23.2 Å². The largest absolute Gasteiger partial charge is 0.496 e. The minimum Gasteiger partial charge on any atom is -0.496 e. The molecule has 0 bridgehead atoms. The van der Waals surface area contributed by atoms with Crippen LogP contribution in [0.2, 0.25) is 0 Å². The van der Waals surface area contributed by atoms with Crippen molar-refractivity contribution in [1.29, 1.82) is 0 Å². The fourth-order valence-electron chi connectivity index (χ4n) is 5.80. The number of ketones is 2. The van der Waals surface area contributed by atoms with Gasteiger partial charge < -0.3 is 20.5 Å². The van der Waals surface area contributed by atoms with E-state index in [1.54, 1.807) is 26.6 Å². The van der Waals surface area contributed by atoms with E-state index < -0.39 is 24.7 Å². The van der Waals surface area contributed by atoms with Crippen molar-refractivity contribution >= 4 is 17.5 Å². The molecule has 0 atom stereocenters. The molecule has 0 aliphatic heterocycles. The third kappa shape index (κ3) is 8.47. The molecule has 2 aromatic carbocycles. The lowest BCUT2D eigenvalue weighted by atomic mass is 9.91. The van der Waals surface area contributed by atoms with Gasteiger partial charge in [-0.15, -0.1) is 0 Å². The number of nitrogens with one attached hydrogen (secondary N) is 1. The molecule has 0 unspecified atom stereocenters. The molecule has 1 amide bonds. The molecule has 49 heavy (non-hydrogen) atoms. The fraction of sp³-hybridized carbons (Fsp3) is 0.361. The number of para-hydroxylation sites is 2. The van der Waals surface area contributed by atoms with Crippen molar-refractivity contribution in [3.05, 3.63) is 107 Å². The molecular formula is C36H38F2N6O5. The van der Waals surface area contributed by atoms with Crippen molar-refractivity contribution in [2.45, 2.75) is 55.8 Å². The van der Waals surface area contributed by atoms with Gasteiger partial charge in [0.05, 0.1) is 38.4 Å². The van der Waals surface area contributed by atoms with E-state index in [0.29, 0.717) is 17.8 Å². The van der Waals surface area contributed by atoms with Crippen LogP contribution in [-0.2, 0) is 28.5 Å². The molecule has 0 spiro atoms. The first kappa shape index (κ1) is 35.1. The molecule has 0 radical (unpaired) electrons. The molecule has 2 saturated carbocycles. The van der Waals surface area contributed by atoms with Crippen LogP contribution in [0.15, 0.2) is 73.3 Å². The zero-order chi connectivity index (χ0) is 35.0. The number of alkyl halides is 2. The SMILES string of the molecule is COc1ccccc1C1(Cc2ncc(C(=O)CN)cn2)CC1.COc1ccccc1C1(Cc2ncc(C(=O)CNC(=O)C(F)F)cn2)CC1. The van der Waals surface area contributed by atoms with Crippen LogP contribution in [0.25, 0.3) is 0 Å². The Morgan fingerprint density at radius 3 is 1.51 bits per heavy atom. The highest BCUT2D eigenvalue weighted by Crippen LogP contribution is 2.54. The maximum absolute atomic E-state index is 12.1. The minimum absolute atomic E-state index is 0.0200. The van der Waals surface area contributed by atoms with Crippen molar-refractivity contribution < 1.29 is 32.6 Å². The second kappa shape index (κ2) is 15.4. The van der Waals surface area contributed by atoms with Crippen molar-refractivity contribution in [2.24, 2.45) is 5.73 Å². The number of methoxy groups -OCH3 is 2. The summed E-state index contributed by atoms with van der Waals surface area (Å²) in [5.74, 6) is 0.933. The summed E-state index contributed by atoms with van der Waals surface area (Å²) in [6, 6.07) is 15.9. The summed E-state index contributed by atoms with van der Waals surface area (Å²) in [7, 11) is 3.33. The predicted molar refractivity (Wildman–Crippen MR) is 176 cm³/mol. The third-order valence-electron chi connectivity index (χ3n) is 8.92. The Morgan fingerprint density at radius 1 is 0.735 bits per heavy atom. The number of carbonyl (C=O) groups is 3. The van der Waals surface area contributed by atoms with Gasteiger partial charge in [-0.05, 0) is 37.8 Å². The highest BCUT2D eigenvalue weighted by Gasteiger charge is 2.47. The summed E-state index contributed by atoms with van der Waals surface area (Å²) in [4.78, 5) is 51.4. The van der Waals surface area contributed by atoms with Gasteiger partial charge in [-0.1, -0.05) is 36.4 Å². The molecule has 2 aliphatic carbocycles. The Balaban J connectivity index is 0.000000195. The van der Waals surface area contributed by atoms with E-state index in [0.717, 1.165) is 55.0 Å². The fourth-order valence-corrected chi connectivity index (χ4v) is 5.80. The number of carbonyl (C=O) groups excluding carboxylic acids is 3. The number of aromatic nitrogens is 4. The predicted octanol–water partition coefficient (Wildman–Crippen LogP) is 4.22. The number of hydrogen-bond donors (Lipinski definition) is 2. The van der Waals surface area contributed by atoms with E-state index >= 15 is 0 Å². The van der Waals surface area contributed by atoms with E-state index in [-0.39, 0.29) is 28.7 Å². The topological polar surface area (TPSA) is 159 Å². The number of benzene rings is 2. The van der Waals surface area contributed by atoms with Gasteiger partial charge in [0, 0.05) is 59.6 Å². The Bertz CT molecular complexity index is 1780. The zero-order valence-electron chi connectivity index (χ0n) is 27.3. The quantitative estimate of drug-likeness (QED) is 0.186. The smallest absolute Gasteiger partial charge is 0.315 e. The highest BCUT2D eigenvalue weighted by molar-refractivity contribution is 5.99. The van der Waals surface area contributed by atoms with Crippen LogP contribution < -0.4 is 20.5 Å². The van der Waals surface area contributed by atoms with Gasteiger partial charge in [-0.25, -0.2) is 19.9 Å². The van der Waals surface area contributed by atoms with Crippen LogP contribution in [0.3, 0.4) is 0 Å². The molecule has 4 aromatic rings. The van der Waals surface area contributed by atoms with Gasteiger partial charge in [0.15, 0.2) is 11.6 Å². The van der Waals surface area contributed by atoms with Crippen LogP contribution in [0, 0.1) is 0 Å². The number of Topliss-reactive ketones (excluding diaryl/α,β-unsaturated/α-hetero) is 2. The number of hydrogen-bond acceptors (Lipinski definition) is 10. The van der Waals surface area contributed by atoms with Crippen LogP contribution in [0.4, 0.5) is 8.78 Å². The molecule has 2 fully saturated rings. The lowest BCUT2D eigenvalue weighted by Crippen LogP contribution is -2.34. The maximum Gasteiger partial charge on any atom is 0.315 e. The average Bonchev–Trinajstić information content (AvgIpc) is 4.08. The number of nitrogens with two attached hydrogens (primary N) is 1. The molecule has 2 aliphatic rings. The molecular weight excluding hydrogens is 634 g/mol. The normalized spacial score (nSPS) is 15.0. The number of halogens is 2. The first-order valence-corrected chi connectivity index (χ1v) is 15.8. The van der Waals surface area contributed by atoms with E-state index in [2.05, 4.69) is 26.0 Å². The monoisotopic (exact) mass is 672 g/mol. The number of rotatable bonds is 14. The molecule has 2 aromatic heterocycles. The first-order valence-electron chi connectivity index (χ1n) is 15.8. The van der Waals surface area contributed by atoms with Crippen molar-refractivity contribution in [3.8, 4) is 11.5 Å². The summed E-state index contributed by atoms with van der Waals surface area (Å²) in [5, 5.41) is 1.87. The summed E-state index contributed by atoms with van der Waals surface area (Å²) >= 11 is 0. The summed E-state index contributed by atoms with van der Waals surface area (Å²) in [6.45, 7) is -0.537. The molecule has 256 valence electrons.